The Morgan fingerprint density at radius 2 is 1.59 bits per heavy atom. The number of furan rings is 1. The molecule has 0 radical (unpaired) electrons. The van der Waals surface area contributed by atoms with Crippen molar-refractivity contribution in [3.63, 3.8) is 0 Å². The number of hydrogen-bond donors (Lipinski definition) is 0. The number of hydrogen-bond acceptors (Lipinski definition) is 2. The van der Waals surface area contributed by atoms with E-state index in [1.807, 2.05) is 66.7 Å². The standard InChI is InChI=1S/C20H14OS/c1-3-9-17(10-4-1)11-7-14-19(18-12-5-2-6-13-18)22-20-15-8-16-21-20/h1-6,8-10,12-16H/b19-14+. The highest BCUT2D eigenvalue weighted by Gasteiger charge is 2.05. The maximum atomic E-state index is 5.42. The van der Waals surface area contributed by atoms with Gasteiger partial charge in [-0.05, 0) is 29.8 Å². The Hall–Kier alpha value is -2.63. The highest BCUT2D eigenvalue weighted by atomic mass is 32.2. The van der Waals surface area contributed by atoms with E-state index in [0.717, 1.165) is 21.1 Å². The van der Waals surface area contributed by atoms with E-state index in [4.69, 9.17) is 4.42 Å². The van der Waals surface area contributed by atoms with Gasteiger partial charge in [0, 0.05) is 16.5 Å². The summed E-state index contributed by atoms with van der Waals surface area (Å²) in [5.74, 6) is 6.29. The largest absolute Gasteiger partial charge is 0.458 e. The lowest BCUT2D eigenvalue weighted by Crippen LogP contribution is -1.79. The fraction of sp³-hybridized carbons (Fsp3) is 0. The fourth-order valence-electron chi connectivity index (χ4n) is 1.91. The van der Waals surface area contributed by atoms with Gasteiger partial charge in [-0.15, -0.1) is 0 Å². The van der Waals surface area contributed by atoms with Crippen LogP contribution in [0, 0.1) is 11.8 Å². The van der Waals surface area contributed by atoms with Crippen molar-refractivity contribution in [1.29, 1.82) is 0 Å². The van der Waals surface area contributed by atoms with Crippen LogP contribution in [-0.2, 0) is 0 Å². The quantitative estimate of drug-likeness (QED) is 0.470. The molecule has 0 saturated carbocycles. The molecule has 0 unspecified atom stereocenters. The Balaban J connectivity index is 1.88. The van der Waals surface area contributed by atoms with Gasteiger partial charge in [0.05, 0.1) is 6.26 Å². The molecule has 22 heavy (non-hydrogen) atoms. The van der Waals surface area contributed by atoms with Crippen LogP contribution in [0.5, 0.6) is 0 Å². The first kappa shape index (κ1) is 14.3. The van der Waals surface area contributed by atoms with E-state index in [2.05, 4.69) is 24.0 Å². The van der Waals surface area contributed by atoms with Crippen molar-refractivity contribution in [1.82, 2.24) is 0 Å². The molecule has 0 atom stereocenters. The Kier molecular flexibility index (Phi) is 4.81. The molecule has 1 nitrogen and oxygen atoms in total. The zero-order chi connectivity index (χ0) is 15.0. The van der Waals surface area contributed by atoms with Crippen molar-refractivity contribution in [3.8, 4) is 11.8 Å². The number of benzene rings is 2. The average Bonchev–Trinajstić information content (AvgIpc) is 3.09. The highest BCUT2D eigenvalue weighted by Crippen LogP contribution is 2.34. The second-order valence-corrected chi connectivity index (χ2v) is 5.59. The summed E-state index contributed by atoms with van der Waals surface area (Å²) in [5, 5.41) is 0.858. The van der Waals surface area contributed by atoms with Crippen LogP contribution in [-0.4, -0.2) is 0 Å². The molecular formula is C20H14OS. The molecule has 0 saturated heterocycles. The Bertz CT molecular complexity index is 791. The summed E-state index contributed by atoms with van der Waals surface area (Å²) in [5.41, 5.74) is 2.14. The lowest BCUT2D eigenvalue weighted by Gasteiger charge is -2.03. The van der Waals surface area contributed by atoms with Crippen molar-refractivity contribution in [2.45, 2.75) is 5.09 Å². The monoisotopic (exact) mass is 302 g/mol. The van der Waals surface area contributed by atoms with E-state index in [-0.39, 0.29) is 0 Å². The normalized spacial score (nSPS) is 10.8. The van der Waals surface area contributed by atoms with Crippen molar-refractivity contribution >= 4 is 16.7 Å². The van der Waals surface area contributed by atoms with E-state index in [0.29, 0.717) is 0 Å². The van der Waals surface area contributed by atoms with Crippen LogP contribution < -0.4 is 0 Å². The van der Waals surface area contributed by atoms with Gasteiger partial charge in [0.2, 0.25) is 0 Å². The van der Waals surface area contributed by atoms with Gasteiger partial charge in [-0.25, -0.2) is 0 Å². The van der Waals surface area contributed by atoms with Crippen LogP contribution in [0.1, 0.15) is 11.1 Å². The summed E-state index contributed by atoms with van der Waals surface area (Å²) in [7, 11) is 0. The molecule has 0 aliphatic carbocycles. The maximum Gasteiger partial charge on any atom is 0.164 e. The fourth-order valence-corrected chi connectivity index (χ4v) is 2.75. The van der Waals surface area contributed by atoms with Gasteiger partial charge in [-0.2, -0.15) is 0 Å². The van der Waals surface area contributed by atoms with Crippen LogP contribution >= 0.6 is 11.8 Å². The molecule has 3 aromatic rings. The molecule has 0 N–H and O–H groups in total. The molecule has 0 amide bonds. The van der Waals surface area contributed by atoms with E-state index >= 15 is 0 Å². The predicted molar refractivity (Wildman–Crippen MR) is 92.3 cm³/mol. The molecule has 0 bridgehead atoms. The number of rotatable bonds is 3. The molecule has 0 aliphatic rings. The third kappa shape index (κ3) is 3.94. The minimum Gasteiger partial charge on any atom is -0.458 e. The van der Waals surface area contributed by atoms with Crippen LogP contribution in [0.25, 0.3) is 4.91 Å². The van der Waals surface area contributed by atoms with Crippen LogP contribution in [0.15, 0.2) is 94.6 Å². The van der Waals surface area contributed by atoms with Crippen molar-refractivity contribution in [2.24, 2.45) is 0 Å². The Morgan fingerprint density at radius 1 is 0.864 bits per heavy atom. The van der Waals surface area contributed by atoms with Crippen LogP contribution in [0.3, 0.4) is 0 Å². The van der Waals surface area contributed by atoms with Crippen molar-refractivity contribution in [2.75, 3.05) is 0 Å². The predicted octanol–water partition coefficient (Wildman–Crippen LogP) is 5.46. The first-order chi connectivity index (χ1) is 10.9. The van der Waals surface area contributed by atoms with Gasteiger partial charge in [0.15, 0.2) is 5.09 Å². The van der Waals surface area contributed by atoms with Gasteiger partial charge in [-0.1, -0.05) is 72.1 Å². The Morgan fingerprint density at radius 3 is 2.27 bits per heavy atom. The zero-order valence-electron chi connectivity index (χ0n) is 11.9. The lowest BCUT2D eigenvalue weighted by atomic mass is 10.2. The lowest BCUT2D eigenvalue weighted by molar-refractivity contribution is 0.475. The molecular weight excluding hydrogens is 288 g/mol. The summed E-state index contributed by atoms with van der Waals surface area (Å²) in [6, 6.07) is 24.0. The number of allylic oxidation sites excluding steroid dienone is 1. The van der Waals surface area contributed by atoms with E-state index in [1.165, 1.54) is 0 Å². The van der Waals surface area contributed by atoms with E-state index < -0.39 is 0 Å². The third-order valence-corrected chi connectivity index (χ3v) is 3.96. The van der Waals surface area contributed by atoms with Gasteiger partial charge < -0.3 is 4.42 Å². The molecule has 0 aliphatic heterocycles. The van der Waals surface area contributed by atoms with Gasteiger partial charge in [-0.3, -0.25) is 0 Å². The first-order valence-corrected chi connectivity index (χ1v) is 7.77. The molecule has 1 aromatic heterocycles. The van der Waals surface area contributed by atoms with Crippen molar-refractivity contribution < 1.29 is 4.42 Å². The van der Waals surface area contributed by atoms with Crippen LogP contribution in [0.2, 0.25) is 0 Å². The summed E-state index contributed by atoms with van der Waals surface area (Å²) in [6.07, 6.45) is 3.62. The molecule has 2 aromatic carbocycles. The van der Waals surface area contributed by atoms with E-state index in [1.54, 1.807) is 18.0 Å². The van der Waals surface area contributed by atoms with Gasteiger partial charge >= 0.3 is 0 Å². The first-order valence-electron chi connectivity index (χ1n) is 6.95. The van der Waals surface area contributed by atoms with Crippen LogP contribution in [0.4, 0.5) is 0 Å². The van der Waals surface area contributed by atoms with Gasteiger partial charge in [0.25, 0.3) is 0 Å². The zero-order valence-corrected chi connectivity index (χ0v) is 12.7. The smallest absolute Gasteiger partial charge is 0.164 e. The molecule has 3 rings (SSSR count). The third-order valence-electron chi connectivity index (χ3n) is 2.96. The highest BCUT2D eigenvalue weighted by molar-refractivity contribution is 8.08. The minimum atomic E-state index is 0.858. The number of thioether (sulfide) groups is 1. The summed E-state index contributed by atoms with van der Waals surface area (Å²) >= 11 is 1.58. The molecule has 1 heterocycles. The van der Waals surface area contributed by atoms with E-state index in [9.17, 15) is 0 Å². The summed E-state index contributed by atoms with van der Waals surface area (Å²) < 4.78 is 5.42. The molecule has 106 valence electrons. The topological polar surface area (TPSA) is 13.1 Å². The second kappa shape index (κ2) is 7.40. The molecule has 0 spiro atoms. The molecule has 0 fully saturated rings. The van der Waals surface area contributed by atoms with Gasteiger partial charge in [0.1, 0.15) is 0 Å². The second-order valence-electron chi connectivity index (χ2n) is 4.54. The van der Waals surface area contributed by atoms with Crippen molar-refractivity contribution in [3.05, 3.63) is 96.3 Å². The maximum absolute atomic E-state index is 5.42. The SMILES string of the molecule is C(#Cc1ccccc1)/C=C(/Sc1ccco1)c1ccccc1. The average molecular weight is 302 g/mol. The minimum absolute atomic E-state index is 0.858. The summed E-state index contributed by atoms with van der Waals surface area (Å²) in [4.78, 5) is 1.07. The Labute approximate surface area is 134 Å². The summed E-state index contributed by atoms with van der Waals surface area (Å²) in [6.45, 7) is 0. The molecule has 2 heteroatoms.